The first-order chi connectivity index (χ1) is 15.7. The number of amides is 2. The average Bonchev–Trinajstić information content (AvgIpc) is 2.80. The SMILES string of the molecule is O=C(NCCCCCCNC(=O)[C@@H](O)[C@@H](O)[C@H](O)[C@@H](O)C(=O)O)[C@@H](O)[C@@H](O)[C@H](O)[C@@H](O)C(=O)O. The molecule has 16 heteroatoms. The quantitative estimate of drug-likeness (QED) is 0.0827. The van der Waals surface area contributed by atoms with Crippen molar-refractivity contribution in [3.8, 4) is 0 Å². The van der Waals surface area contributed by atoms with Gasteiger partial charge in [-0.3, -0.25) is 9.59 Å². The molecule has 0 spiro atoms. The Kier molecular flexibility index (Phi) is 14.4. The topological polar surface area (TPSA) is 295 Å². The second-order valence-electron chi connectivity index (χ2n) is 7.41. The van der Waals surface area contributed by atoms with Crippen LogP contribution in [0.3, 0.4) is 0 Å². The van der Waals surface area contributed by atoms with E-state index in [1.807, 2.05) is 0 Å². The average molecular weight is 500 g/mol. The third-order valence-corrected chi connectivity index (χ3v) is 4.74. The normalized spacial score (nSPS) is 18.5. The number of carbonyl (C=O) groups is 4. The number of aliphatic hydroxyl groups excluding tert-OH is 8. The first-order valence-electron chi connectivity index (χ1n) is 10.2. The Hall–Kier alpha value is -2.44. The lowest BCUT2D eigenvalue weighted by Crippen LogP contribution is -2.52. The Labute approximate surface area is 193 Å². The minimum absolute atomic E-state index is 0.0429. The number of hydrogen-bond acceptors (Lipinski definition) is 12. The number of carboxylic acid groups (broad SMARTS) is 2. The van der Waals surface area contributed by atoms with Crippen molar-refractivity contribution in [1.29, 1.82) is 0 Å². The zero-order valence-electron chi connectivity index (χ0n) is 18.0. The number of carbonyl (C=O) groups excluding carboxylic acids is 2. The van der Waals surface area contributed by atoms with Crippen molar-refractivity contribution in [3.05, 3.63) is 0 Å². The standard InChI is InChI=1S/C18H32N2O14/c21-7(9(23)13(27)17(31)32)11(25)15(29)19-5-3-1-2-4-6-20-16(30)12(26)8(22)10(24)14(28)18(33)34/h7-14,21-28H,1-6H2,(H,19,29)(H,20,30)(H,31,32)(H,33,34)/t7-,8-,9-,10-,11-,12-,13+,14+/m0/s1. The summed E-state index contributed by atoms with van der Waals surface area (Å²) in [7, 11) is 0. The van der Waals surface area contributed by atoms with E-state index in [4.69, 9.17) is 20.4 Å². The molecule has 0 bridgehead atoms. The van der Waals surface area contributed by atoms with Crippen molar-refractivity contribution >= 4 is 23.8 Å². The molecule has 0 aromatic heterocycles. The van der Waals surface area contributed by atoms with Crippen molar-refractivity contribution in [2.75, 3.05) is 13.1 Å². The molecule has 0 unspecified atom stereocenters. The highest BCUT2D eigenvalue weighted by molar-refractivity contribution is 5.82. The van der Waals surface area contributed by atoms with Crippen LogP contribution in [0.1, 0.15) is 25.7 Å². The van der Waals surface area contributed by atoms with Crippen LogP contribution in [0, 0.1) is 0 Å². The Balaban J connectivity index is 4.11. The van der Waals surface area contributed by atoms with Crippen molar-refractivity contribution in [1.82, 2.24) is 10.6 Å². The van der Waals surface area contributed by atoms with Crippen LogP contribution in [0.15, 0.2) is 0 Å². The molecule has 2 amide bonds. The summed E-state index contributed by atoms with van der Waals surface area (Å²) in [5, 5.41) is 97.0. The molecule has 0 aliphatic rings. The van der Waals surface area contributed by atoms with Gasteiger partial charge in [-0.2, -0.15) is 0 Å². The van der Waals surface area contributed by atoms with Gasteiger partial charge in [-0.25, -0.2) is 9.59 Å². The van der Waals surface area contributed by atoms with Crippen LogP contribution in [0.2, 0.25) is 0 Å². The summed E-state index contributed by atoms with van der Waals surface area (Å²) in [6, 6.07) is 0. The number of aliphatic hydroxyl groups is 8. The van der Waals surface area contributed by atoms with E-state index in [9.17, 15) is 49.8 Å². The molecule has 0 aromatic carbocycles. The first-order valence-corrected chi connectivity index (χ1v) is 10.2. The summed E-state index contributed by atoms with van der Waals surface area (Å²) >= 11 is 0. The molecule has 0 heterocycles. The molecule has 0 saturated heterocycles. The molecule has 0 aromatic rings. The molecule has 0 aliphatic heterocycles. The monoisotopic (exact) mass is 500 g/mol. The predicted octanol–water partition coefficient (Wildman–Crippen LogP) is -6.16. The number of unbranched alkanes of at least 4 members (excludes halogenated alkanes) is 3. The van der Waals surface area contributed by atoms with Crippen molar-refractivity contribution in [2.45, 2.75) is 74.5 Å². The van der Waals surface area contributed by atoms with Crippen LogP contribution in [0.4, 0.5) is 0 Å². The summed E-state index contributed by atoms with van der Waals surface area (Å²) in [6.45, 7) is 0.0858. The number of nitrogens with one attached hydrogen (secondary N) is 2. The molecule has 0 radical (unpaired) electrons. The van der Waals surface area contributed by atoms with Gasteiger partial charge in [0.15, 0.2) is 24.4 Å². The molecule has 198 valence electrons. The molecule has 0 rings (SSSR count). The highest BCUT2D eigenvalue weighted by Gasteiger charge is 2.38. The number of aliphatic carboxylic acids is 2. The van der Waals surface area contributed by atoms with Crippen LogP contribution in [-0.2, 0) is 19.2 Å². The summed E-state index contributed by atoms with van der Waals surface area (Å²) in [5.41, 5.74) is 0. The summed E-state index contributed by atoms with van der Waals surface area (Å²) in [5.74, 6) is -5.90. The van der Waals surface area contributed by atoms with Gasteiger partial charge in [-0.15, -0.1) is 0 Å². The van der Waals surface area contributed by atoms with Gasteiger partial charge in [0.05, 0.1) is 0 Å². The van der Waals surface area contributed by atoms with E-state index in [1.165, 1.54) is 0 Å². The van der Waals surface area contributed by atoms with Crippen molar-refractivity contribution < 1.29 is 70.2 Å². The van der Waals surface area contributed by atoms with Crippen molar-refractivity contribution in [2.24, 2.45) is 0 Å². The highest BCUT2D eigenvalue weighted by Crippen LogP contribution is 2.07. The van der Waals surface area contributed by atoms with Gasteiger partial charge in [-0.05, 0) is 12.8 Å². The number of hydrogen-bond donors (Lipinski definition) is 12. The minimum Gasteiger partial charge on any atom is -0.479 e. The van der Waals surface area contributed by atoms with Gasteiger partial charge in [0.2, 0.25) is 0 Å². The van der Waals surface area contributed by atoms with E-state index in [0.29, 0.717) is 25.7 Å². The lowest BCUT2D eigenvalue weighted by molar-refractivity contribution is -0.166. The fraction of sp³-hybridized carbons (Fsp3) is 0.778. The third kappa shape index (κ3) is 10.2. The lowest BCUT2D eigenvalue weighted by atomic mass is 10.0. The fourth-order valence-electron chi connectivity index (χ4n) is 2.59. The number of rotatable bonds is 17. The van der Waals surface area contributed by atoms with Gasteiger partial charge >= 0.3 is 11.9 Å². The van der Waals surface area contributed by atoms with Gasteiger partial charge < -0.3 is 61.7 Å². The lowest BCUT2D eigenvalue weighted by Gasteiger charge is -2.24. The molecule has 0 fully saturated rings. The summed E-state index contributed by atoms with van der Waals surface area (Å²) in [6.07, 6.45) is -16.4. The highest BCUT2D eigenvalue weighted by atomic mass is 16.4. The molecule has 34 heavy (non-hydrogen) atoms. The van der Waals surface area contributed by atoms with Crippen LogP contribution in [-0.4, -0.2) is 137 Å². The zero-order chi connectivity index (χ0) is 26.6. The van der Waals surface area contributed by atoms with E-state index in [0.717, 1.165) is 0 Å². The van der Waals surface area contributed by atoms with Gasteiger partial charge in [0, 0.05) is 13.1 Å². The smallest absolute Gasteiger partial charge is 0.335 e. The Morgan fingerprint density at radius 3 is 1.00 bits per heavy atom. The van der Waals surface area contributed by atoms with Crippen LogP contribution >= 0.6 is 0 Å². The maximum Gasteiger partial charge on any atom is 0.335 e. The molecule has 12 N–H and O–H groups in total. The molecular weight excluding hydrogens is 468 g/mol. The molecular formula is C18H32N2O14. The van der Waals surface area contributed by atoms with E-state index < -0.39 is 72.6 Å². The maximum absolute atomic E-state index is 11.7. The Bertz CT molecular complexity index is 621. The Morgan fingerprint density at radius 1 is 0.471 bits per heavy atom. The Morgan fingerprint density at radius 2 is 0.735 bits per heavy atom. The molecule has 0 saturated carbocycles. The summed E-state index contributed by atoms with van der Waals surface area (Å²) < 4.78 is 0. The minimum atomic E-state index is -2.40. The molecule has 16 nitrogen and oxygen atoms in total. The second kappa shape index (κ2) is 15.5. The second-order valence-corrected chi connectivity index (χ2v) is 7.41. The fourth-order valence-corrected chi connectivity index (χ4v) is 2.59. The van der Waals surface area contributed by atoms with Crippen LogP contribution in [0.5, 0.6) is 0 Å². The van der Waals surface area contributed by atoms with Crippen LogP contribution in [0.25, 0.3) is 0 Å². The van der Waals surface area contributed by atoms with Gasteiger partial charge in [-0.1, -0.05) is 12.8 Å². The number of carboxylic acids is 2. The maximum atomic E-state index is 11.7. The molecule has 0 aliphatic carbocycles. The zero-order valence-corrected chi connectivity index (χ0v) is 18.0. The van der Waals surface area contributed by atoms with E-state index >= 15 is 0 Å². The van der Waals surface area contributed by atoms with E-state index in [1.54, 1.807) is 0 Å². The largest absolute Gasteiger partial charge is 0.479 e. The predicted molar refractivity (Wildman–Crippen MR) is 108 cm³/mol. The van der Waals surface area contributed by atoms with E-state index in [-0.39, 0.29) is 13.1 Å². The van der Waals surface area contributed by atoms with E-state index in [2.05, 4.69) is 10.6 Å². The first kappa shape index (κ1) is 31.6. The van der Waals surface area contributed by atoms with Gasteiger partial charge in [0.1, 0.15) is 24.4 Å². The van der Waals surface area contributed by atoms with Crippen LogP contribution < -0.4 is 10.6 Å². The third-order valence-electron chi connectivity index (χ3n) is 4.74. The van der Waals surface area contributed by atoms with Gasteiger partial charge in [0.25, 0.3) is 11.8 Å². The molecule has 8 atom stereocenters. The summed E-state index contributed by atoms with van der Waals surface area (Å²) in [4.78, 5) is 44.5. The van der Waals surface area contributed by atoms with Crippen molar-refractivity contribution in [3.63, 3.8) is 0 Å².